The van der Waals surface area contributed by atoms with Gasteiger partial charge >= 0.3 is 0 Å². The zero-order valence-electron chi connectivity index (χ0n) is 13.1. The monoisotopic (exact) mass is 299 g/mol. The first-order valence-electron chi connectivity index (χ1n) is 7.58. The minimum Gasteiger partial charge on any atom is -0.356 e. The summed E-state index contributed by atoms with van der Waals surface area (Å²) < 4.78 is 0. The van der Waals surface area contributed by atoms with Crippen molar-refractivity contribution in [2.24, 2.45) is 5.41 Å². The number of likely N-dealkylation sites (tertiary alicyclic amines) is 1. The standard InChI is InChI=1S/C17H21N3O2/c1-3-8-19-16(22)17(2)7-9-20(12-17)15(21)14-6-4-5-13(10-14)11-18/h4-6,10H,3,7-9,12H2,1-2H3,(H,19,22). The molecule has 0 saturated carbocycles. The number of amides is 2. The molecule has 1 atom stereocenters. The Hall–Kier alpha value is -2.35. The lowest BCUT2D eigenvalue weighted by molar-refractivity contribution is -0.129. The molecule has 0 radical (unpaired) electrons. The molecule has 1 saturated heterocycles. The number of rotatable bonds is 4. The third kappa shape index (κ3) is 3.28. The van der Waals surface area contributed by atoms with Crippen LogP contribution in [0.3, 0.4) is 0 Å². The molecule has 1 fully saturated rings. The lowest BCUT2D eigenvalue weighted by atomic mass is 9.88. The fraction of sp³-hybridized carbons (Fsp3) is 0.471. The average Bonchev–Trinajstić information content (AvgIpc) is 2.95. The molecule has 0 aromatic heterocycles. The third-order valence-corrected chi connectivity index (χ3v) is 4.08. The molecule has 1 aliphatic rings. The largest absolute Gasteiger partial charge is 0.356 e. The van der Waals surface area contributed by atoms with Gasteiger partial charge in [-0.3, -0.25) is 9.59 Å². The van der Waals surface area contributed by atoms with E-state index in [1.165, 1.54) is 0 Å². The minimum atomic E-state index is -0.530. The van der Waals surface area contributed by atoms with Crippen molar-refractivity contribution in [1.29, 1.82) is 5.26 Å². The molecule has 1 aromatic rings. The molecule has 2 rings (SSSR count). The van der Waals surface area contributed by atoms with Gasteiger partial charge in [0.15, 0.2) is 0 Å². The Morgan fingerprint density at radius 2 is 2.23 bits per heavy atom. The first kappa shape index (κ1) is 16.0. The molecule has 22 heavy (non-hydrogen) atoms. The van der Waals surface area contributed by atoms with Crippen molar-refractivity contribution in [3.05, 3.63) is 35.4 Å². The van der Waals surface area contributed by atoms with Gasteiger partial charge in [-0.15, -0.1) is 0 Å². The number of benzene rings is 1. The van der Waals surface area contributed by atoms with Crippen LogP contribution in [-0.2, 0) is 4.79 Å². The second-order valence-electron chi connectivity index (χ2n) is 5.99. The summed E-state index contributed by atoms with van der Waals surface area (Å²) in [6.45, 7) is 5.54. The molecule has 0 bridgehead atoms. The summed E-state index contributed by atoms with van der Waals surface area (Å²) in [6.07, 6.45) is 1.55. The number of nitrogens with zero attached hydrogens (tertiary/aromatic N) is 2. The Balaban J connectivity index is 2.07. The van der Waals surface area contributed by atoms with Gasteiger partial charge in [-0.1, -0.05) is 13.0 Å². The van der Waals surface area contributed by atoms with Crippen molar-refractivity contribution in [3.8, 4) is 6.07 Å². The summed E-state index contributed by atoms with van der Waals surface area (Å²) in [6, 6.07) is 8.71. The predicted octanol–water partition coefficient (Wildman–Crippen LogP) is 1.94. The highest BCUT2D eigenvalue weighted by Gasteiger charge is 2.41. The number of nitrogens with one attached hydrogen (secondary N) is 1. The van der Waals surface area contributed by atoms with Gasteiger partial charge in [0.25, 0.3) is 5.91 Å². The van der Waals surface area contributed by atoms with Crippen LogP contribution in [0.2, 0.25) is 0 Å². The average molecular weight is 299 g/mol. The van der Waals surface area contributed by atoms with Gasteiger partial charge in [-0.05, 0) is 38.0 Å². The van der Waals surface area contributed by atoms with Gasteiger partial charge in [0.05, 0.1) is 17.0 Å². The van der Waals surface area contributed by atoms with E-state index in [4.69, 9.17) is 5.26 Å². The van der Waals surface area contributed by atoms with Crippen molar-refractivity contribution in [3.63, 3.8) is 0 Å². The SMILES string of the molecule is CCCNC(=O)C1(C)CCN(C(=O)c2cccc(C#N)c2)C1. The molecule has 5 heteroatoms. The zero-order chi connectivity index (χ0) is 16.2. The van der Waals surface area contributed by atoms with Crippen LogP contribution >= 0.6 is 0 Å². The van der Waals surface area contributed by atoms with Crippen molar-refractivity contribution >= 4 is 11.8 Å². The van der Waals surface area contributed by atoms with E-state index in [2.05, 4.69) is 5.32 Å². The van der Waals surface area contributed by atoms with E-state index in [-0.39, 0.29) is 11.8 Å². The molecule has 2 amide bonds. The third-order valence-electron chi connectivity index (χ3n) is 4.08. The molecular weight excluding hydrogens is 278 g/mol. The molecule has 1 aromatic carbocycles. The van der Waals surface area contributed by atoms with Crippen LogP contribution in [-0.4, -0.2) is 36.3 Å². The van der Waals surface area contributed by atoms with Crippen LogP contribution in [0.4, 0.5) is 0 Å². The Morgan fingerprint density at radius 1 is 1.45 bits per heavy atom. The number of hydrogen-bond acceptors (Lipinski definition) is 3. The second kappa shape index (κ2) is 6.61. The molecule has 5 nitrogen and oxygen atoms in total. The summed E-state index contributed by atoms with van der Waals surface area (Å²) in [5.74, 6) is -0.112. The van der Waals surface area contributed by atoms with Crippen LogP contribution in [0.5, 0.6) is 0 Å². The summed E-state index contributed by atoms with van der Waals surface area (Å²) in [4.78, 5) is 26.5. The Bertz CT molecular complexity index is 621. The van der Waals surface area contributed by atoms with Crippen LogP contribution in [0.1, 0.15) is 42.6 Å². The van der Waals surface area contributed by atoms with E-state index >= 15 is 0 Å². The first-order chi connectivity index (χ1) is 10.5. The van der Waals surface area contributed by atoms with Gasteiger partial charge in [0, 0.05) is 25.2 Å². The van der Waals surface area contributed by atoms with E-state index < -0.39 is 5.41 Å². The van der Waals surface area contributed by atoms with Gasteiger partial charge < -0.3 is 10.2 Å². The Kier molecular flexibility index (Phi) is 4.81. The fourth-order valence-corrected chi connectivity index (χ4v) is 2.68. The number of hydrogen-bond donors (Lipinski definition) is 1. The number of carbonyl (C=O) groups is 2. The topological polar surface area (TPSA) is 73.2 Å². The lowest BCUT2D eigenvalue weighted by Gasteiger charge is -2.23. The smallest absolute Gasteiger partial charge is 0.253 e. The molecule has 0 spiro atoms. The summed E-state index contributed by atoms with van der Waals surface area (Å²) >= 11 is 0. The quantitative estimate of drug-likeness (QED) is 0.923. The molecule has 116 valence electrons. The van der Waals surface area contributed by atoms with Crippen molar-refractivity contribution in [2.45, 2.75) is 26.7 Å². The van der Waals surface area contributed by atoms with Gasteiger partial charge in [0.1, 0.15) is 0 Å². The van der Waals surface area contributed by atoms with E-state index in [9.17, 15) is 9.59 Å². The maximum atomic E-state index is 12.5. The molecule has 0 aliphatic carbocycles. The van der Waals surface area contributed by atoms with E-state index in [1.54, 1.807) is 29.2 Å². The lowest BCUT2D eigenvalue weighted by Crippen LogP contribution is -2.42. The highest BCUT2D eigenvalue weighted by Crippen LogP contribution is 2.31. The second-order valence-corrected chi connectivity index (χ2v) is 5.99. The molecule has 1 heterocycles. The van der Waals surface area contributed by atoms with Crippen LogP contribution < -0.4 is 5.32 Å². The highest BCUT2D eigenvalue weighted by atomic mass is 16.2. The summed E-state index contributed by atoms with van der Waals surface area (Å²) in [7, 11) is 0. The van der Waals surface area contributed by atoms with Crippen LogP contribution in [0.25, 0.3) is 0 Å². The molecule has 1 aliphatic heterocycles. The highest BCUT2D eigenvalue weighted by molar-refractivity contribution is 5.95. The molecule has 1 unspecified atom stereocenters. The van der Waals surface area contributed by atoms with Crippen molar-refractivity contribution in [2.75, 3.05) is 19.6 Å². The van der Waals surface area contributed by atoms with Gasteiger partial charge in [0.2, 0.25) is 5.91 Å². The fourth-order valence-electron chi connectivity index (χ4n) is 2.68. The maximum absolute atomic E-state index is 12.5. The van der Waals surface area contributed by atoms with Gasteiger partial charge in [-0.2, -0.15) is 5.26 Å². The van der Waals surface area contributed by atoms with E-state index in [0.29, 0.717) is 37.2 Å². The number of carbonyl (C=O) groups excluding carboxylic acids is 2. The van der Waals surface area contributed by atoms with Crippen LogP contribution in [0, 0.1) is 16.7 Å². The van der Waals surface area contributed by atoms with Gasteiger partial charge in [-0.25, -0.2) is 0 Å². The predicted molar refractivity (Wildman–Crippen MR) is 83.1 cm³/mol. The molecule has 1 N–H and O–H groups in total. The van der Waals surface area contributed by atoms with E-state index in [1.807, 2.05) is 19.9 Å². The van der Waals surface area contributed by atoms with Crippen molar-refractivity contribution < 1.29 is 9.59 Å². The summed E-state index contributed by atoms with van der Waals surface area (Å²) in [5, 5.41) is 11.8. The summed E-state index contributed by atoms with van der Waals surface area (Å²) in [5.41, 5.74) is 0.434. The van der Waals surface area contributed by atoms with E-state index in [0.717, 1.165) is 6.42 Å². The van der Waals surface area contributed by atoms with Crippen LogP contribution in [0.15, 0.2) is 24.3 Å². The first-order valence-corrected chi connectivity index (χ1v) is 7.58. The van der Waals surface area contributed by atoms with Crippen molar-refractivity contribution in [1.82, 2.24) is 10.2 Å². The zero-order valence-corrected chi connectivity index (χ0v) is 13.1. The molecular formula is C17H21N3O2. The number of nitriles is 1. The Morgan fingerprint density at radius 3 is 2.91 bits per heavy atom. The minimum absolute atomic E-state index is 0.00965. The maximum Gasteiger partial charge on any atom is 0.253 e. The normalized spacial score (nSPS) is 20.5. The Labute approximate surface area is 130 Å².